The van der Waals surface area contributed by atoms with E-state index in [1.54, 1.807) is 9.20 Å². The third-order valence-electron chi connectivity index (χ3n) is 4.95. The highest BCUT2D eigenvalue weighted by molar-refractivity contribution is 7.89. The number of aryl methyl sites for hydroxylation is 1. The first-order chi connectivity index (χ1) is 16.3. The molecule has 1 N–H and O–H groups in total. The Hall–Kier alpha value is -4.39. The van der Waals surface area contributed by atoms with Crippen molar-refractivity contribution in [2.75, 3.05) is 11.6 Å². The first kappa shape index (κ1) is 21.5. The molecule has 0 aliphatic carbocycles. The molecule has 13 heteroatoms. The molecule has 0 saturated heterocycles. The molecule has 12 nitrogen and oxygen atoms in total. The summed E-state index contributed by atoms with van der Waals surface area (Å²) in [6, 6.07) is 11.2. The Kier molecular flexibility index (Phi) is 5.17. The predicted molar refractivity (Wildman–Crippen MR) is 123 cm³/mol. The van der Waals surface area contributed by atoms with Gasteiger partial charge in [-0.3, -0.25) is 4.79 Å². The summed E-state index contributed by atoms with van der Waals surface area (Å²) >= 11 is 0. The largest absolute Gasteiger partial charge is 0.323 e. The number of amides is 1. The summed E-state index contributed by atoms with van der Waals surface area (Å²) in [5, 5.41) is 15.2. The van der Waals surface area contributed by atoms with Gasteiger partial charge in [0.15, 0.2) is 11.5 Å². The number of nitrogens with one attached hydrogen (secondary N) is 1. The second-order valence-corrected chi connectivity index (χ2v) is 9.48. The first-order valence-corrected chi connectivity index (χ1v) is 12.0. The molecule has 1 amide bonds. The molecule has 0 bridgehead atoms. The van der Waals surface area contributed by atoms with Crippen LogP contribution in [0.2, 0.25) is 0 Å². The minimum atomic E-state index is -3.54. The Labute approximate surface area is 193 Å². The van der Waals surface area contributed by atoms with E-state index in [4.69, 9.17) is 0 Å². The van der Waals surface area contributed by atoms with Crippen molar-refractivity contribution in [2.45, 2.75) is 13.3 Å². The molecule has 5 heterocycles. The van der Waals surface area contributed by atoms with Crippen molar-refractivity contribution in [3.05, 3.63) is 72.7 Å². The summed E-state index contributed by atoms with van der Waals surface area (Å²) in [5.74, 6) is 0.239. The van der Waals surface area contributed by atoms with Crippen LogP contribution >= 0.6 is 0 Å². The van der Waals surface area contributed by atoms with E-state index >= 15 is 0 Å². The predicted octanol–water partition coefficient (Wildman–Crippen LogP) is 1.47. The normalized spacial score (nSPS) is 11.7. The maximum atomic E-state index is 12.6. The van der Waals surface area contributed by atoms with Gasteiger partial charge in [-0.1, -0.05) is 6.07 Å². The minimum Gasteiger partial charge on any atom is -0.323 e. The summed E-state index contributed by atoms with van der Waals surface area (Å²) < 4.78 is 27.3. The Morgan fingerprint density at radius 1 is 1.12 bits per heavy atom. The average Bonchev–Trinajstić information content (AvgIpc) is 3.52. The fraction of sp³-hybridized carbons (Fsp3) is 0.143. The SMILES string of the molecule is Cc1cccc(-n2nc(CC(=O)Nc3cnn(S(C)(=O)=O)c3)cc2-c2ccc3ncnn3c2)n1. The summed E-state index contributed by atoms with van der Waals surface area (Å²) in [7, 11) is -3.54. The molecule has 0 atom stereocenters. The summed E-state index contributed by atoms with van der Waals surface area (Å²) in [4.78, 5) is 21.4. The highest BCUT2D eigenvalue weighted by Gasteiger charge is 2.17. The van der Waals surface area contributed by atoms with Crippen LogP contribution in [0.4, 0.5) is 5.69 Å². The van der Waals surface area contributed by atoms with Crippen LogP contribution in [0.1, 0.15) is 11.4 Å². The van der Waals surface area contributed by atoms with Gasteiger partial charge in [0, 0.05) is 17.5 Å². The van der Waals surface area contributed by atoms with Gasteiger partial charge in [0.2, 0.25) is 5.91 Å². The molecule has 0 saturated carbocycles. The number of anilines is 1. The van der Waals surface area contributed by atoms with Crippen molar-refractivity contribution in [3.63, 3.8) is 0 Å². The molecular weight excluding hydrogens is 458 g/mol. The molecule has 0 fully saturated rings. The van der Waals surface area contributed by atoms with Gasteiger partial charge in [-0.25, -0.2) is 27.6 Å². The smallest absolute Gasteiger partial charge is 0.250 e. The maximum Gasteiger partial charge on any atom is 0.250 e. The number of hydrogen-bond acceptors (Lipinski definition) is 8. The molecule has 0 aromatic carbocycles. The van der Waals surface area contributed by atoms with Crippen LogP contribution in [-0.2, 0) is 21.2 Å². The van der Waals surface area contributed by atoms with Crippen LogP contribution in [0.25, 0.3) is 22.7 Å². The summed E-state index contributed by atoms with van der Waals surface area (Å²) in [6.07, 6.45) is 6.79. The zero-order valence-corrected chi connectivity index (χ0v) is 19.0. The Bertz CT molecular complexity index is 1630. The minimum absolute atomic E-state index is 0.0402. The van der Waals surface area contributed by atoms with Gasteiger partial charge in [0.25, 0.3) is 10.0 Å². The van der Waals surface area contributed by atoms with Crippen LogP contribution in [0.5, 0.6) is 0 Å². The van der Waals surface area contributed by atoms with Crippen molar-refractivity contribution < 1.29 is 13.2 Å². The lowest BCUT2D eigenvalue weighted by atomic mass is 10.2. The van der Waals surface area contributed by atoms with Crippen LogP contribution in [0.15, 0.2) is 61.3 Å². The van der Waals surface area contributed by atoms with Gasteiger partial charge in [-0.15, -0.1) is 0 Å². The third kappa shape index (κ3) is 4.28. The van der Waals surface area contributed by atoms with E-state index in [2.05, 4.69) is 30.6 Å². The quantitative estimate of drug-likeness (QED) is 0.387. The van der Waals surface area contributed by atoms with E-state index in [0.717, 1.165) is 27.3 Å². The van der Waals surface area contributed by atoms with E-state index in [1.165, 1.54) is 18.7 Å². The number of aromatic nitrogens is 8. The van der Waals surface area contributed by atoms with Gasteiger partial charge < -0.3 is 5.32 Å². The summed E-state index contributed by atoms with van der Waals surface area (Å²) in [6.45, 7) is 1.89. The fourth-order valence-corrected chi connectivity index (χ4v) is 3.96. The Morgan fingerprint density at radius 3 is 2.74 bits per heavy atom. The van der Waals surface area contributed by atoms with Crippen molar-refractivity contribution >= 4 is 27.3 Å². The van der Waals surface area contributed by atoms with E-state index in [0.29, 0.717) is 17.2 Å². The van der Waals surface area contributed by atoms with Crippen molar-refractivity contribution in [1.82, 2.24) is 38.5 Å². The maximum absolute atomic E-state index is 12.6. The number of pyridine rings is 2. The molecule has 0 aliphatic heterocycles. The monoisotopic (exact) mass is 477 g/mol. The van der Waals surface area contributed by atoms with Crippen LogP contribution in [0, 0.1) is 6.92 Å². The number of hydrogen-bond donors (Lipinski definition) is 1. The van der Waals surface area contributed by atoms with Crippen molar-refractivity contribution in [3.8, 4) is 17.1 Å². The van der Waals surface area contributed by atoms with Crippen molar-refractivity contribution in [2.24, 2.45) is 0 Å². The zero-order chi connectivity index (χ0) is 23.9. The Morgan fingerprint density at radius 2 is 1.97 bits per heavy atom. The number of carbonyl (C=O) groups excluding carboxylic acids is 1. The van der Waals surface area contributed by atoms with Crippen LogP contribution in [-0.4, -0.2) is 59.1 Å². The highest BCUT2D eigenvalue weighted by atomic mass is 32.2. The summed E-state index contributed by atoms with van der Waals surface area (Å²) in [5.41, 5.74) is 3.85. The van der Waals surface area contributed by atoms with Gasteiger partial charge in [-0.05, 0) is 37.3 Å². The van der Waals surface area contributed by atoms with Crippen LogP contribution < -0.4 is 5.32 Å². The van der Waals surface area contributed by atoms with Crippen LogP contribution in [0.3, 0.4) is 0 Å². The lowest BCUT2D eigenvalue weighted by Crippen LogP contribution is -2.15. The van der Waals surface area contributed by atoms with E-state index < -0.39 is 10.0 Å². The molecule has 0 aliphatic rings. The lowest BCUT2D eigenvalue weighted by Gasteiger charge is -2.07. The Balaban J connectivity index is 1.47. The van der Waals surface area contributed by atoms with E-state index in [-0.39, 0.29) is 18.0 Å². The topological polar surface area (TPSA) is 142 Å². The molecule has 5 rings (SSSR count). The molecule has 34 heavy (non-hydrogen) atoms. The molecule has 0 spiro atoms. The van der Waals surface area contributed by atoms with Gasteiger partial charge >= 0.3 is 0 Å². The lowest BCUT2D eigenvalue weighted by molar-refractivity contribution is -0.115. The van der Waals surface area contributed by atoms with E-state index in [1.807, 2.05) is 49.5 Å². The van der Waals surface area contributed by atoms with E-state index in [9.17, 15) is 13.2 Å². The number of carbonyl (C=O) groups is 1. The van der Waals surface area contributed by atoms with Gasteiger partial charge in [-0.2, -0.15) is 19.4 Å². The molecule has 0 radical (unpaired) electrons. The van der Waals surface area contributed by atoms with Gasteiger partial charge in [0.1, 0.15) is 6.33 Å². The molecule has 0 unspecified atom stereocenters. The standard InChI is InChI=1S/C21H19N9O3S/c1-14-4-3-5-20(25-14)30-18(15-6-7-19-22-13-24-28(19)11-15)8-16(27-30)9-21(31)26-17-10-23-29(12-17)34(2,32)33/h3-8,10-13H,9H2,1-2H3,(H,26,31). The average molecular weight is 478 g/mol. The number of nitrogens with zero attached hydrogens (tertiary/aromatic N) is 8. The number of rotatable bonds is 6. The first-order valence-electron chi connectivity index (χ1n) is 10.1. The van der Waals surface area contributed by atoms with Gasteiger partial charge in [0.05, 0.1) is 42.1 Å². The highest BCUT2D eigenvalue weighted by Crippen LogP contribution is 2.24. The number of fused-ring (bicyclic) bond motifs is 1. The second-order valence-electron chi connectivity index (χ2n) is 7.64. The molecule has 172 valence electrons. The van der Waals surface area contributed by atoms with Crippen molar-refractivity contribution in [1.29, 1.82) is 0 Å². The molecule has 5 aromatic rings. The molecular formula is C21H19N9O3S. The third-order valence-corrected chi connectivity index (χ3v) is 5.83. The second kappa shape index (κ2) is 8.19. The fourth-order valence-electron chi connectivity index (χ4n) is 3.43. The zero-order valence-electron chi connectivity index (χ0n) is 18.2. The molecule has 5 aromatic heterocycles.